The highest BCUT2D eigenvalue weighted by molar-refractivity contribution is 4.79. The number of hydrogen-bond donors (Lipinski definition) is 1. The molecule has 1 heteroatoms. The first-order valence-corrected chi connectivity index (χ1v) is 8.33. The molecule has 1 nitrogen and oxygen atoms in total. The van der Waals surface area contributed by atoms with E-state index < -0.39 is 0 Å². The highest BCUT2D eigenvalue weighted by Crippen LogP contribution is 2.36. The lowest BCUT2D eigenvalue weighted by molar-refractivity contribution is 0.0489. The molecule has 18 heavy (non-hydrogen) atoms. The minimum atomic E-state index is -0.0221. The van der Waals surface area contributed by atoms with Crippen molar-refractivity contribution >= 4 is 0 Å². The highest BCUT2D eigenvalue weighted by atomic mass is 16.3. The Morgan fingerprint density at radius 2 is 1.61 bits per heavy atom. The van der Waals surface area contributed by atoms with Crippen LogP contribution in [0.2, 0.25) is 0 Å². The number of rotatable bonds is 8. The van der Waals surface area contributed by atoms with E-state index in [0.29, 0.717) is 5.92 Å². The van der Waals surface area contributed by atoms with E-state index in [9.17, 15) is 5.11 Å². The molecule has 1 aliphatic carbocycles. The molecular weight excluding hydrogens is 220 g/mol. The van der Waals surface area contributed by atoms with Crippen LogP contribution in [0.15, 0.2) is 0 Å². The van der Waals surface area contributed by atoms with Gasteiger partial charge in [0.25, 0.3) is 0 Å². The van der Waals surface area contributed by atoms with Gasteiger partial charge in [-0.3, -0.25) is 0 Å². The van der Waals surface area contributed by atoms with Gasteiger partial charge >= 0.3 is 0 Å². The molecule has 4 unspecified atom stereocenters. The second-order valence-electron chi connectivity index (χ2n) is 6.65. The van der Waals surface area contributed by atoms with Gasteiger partial charge in [-0.25, -0.2) is 0 Å². The van der Waals surface area contributed by atoms with Crippen LogP contribution >= 0.6 is 0 Å². The first kappa shape index (κ1) is 16.0. The maximum absolute atomic E-state index is 10.3. The van der Waals surface area contributed by atoms with Gasteiger partial charge in [0.1, 0.15) is 0 Å². The van der Waals surface area contributed by atoms with E-state index in [1.807, 2.05) is 0 Å². The van der Waals surface area contributed by atoms with Crippen molar-refractivity contribution in [2.24, 2.45) is 17.8 Å². The van der Waals surface area contributed by atoms with Crippen LogP contribution in [0.4, 0.5) is 0 Å². The van der Waals surface area contributed by atoms with Gasteiger partial charge in [0.15, 0.2) is 0 Å². The maximum Gasteiger partial charge on any atom is 0.0568 e. The van der Waals surface area contributed by atoms with Gasteiger partial charge < -0.3 is 5.11 Å². The van der Waals surface area contributed by atoms with Gasteiger partial charge in [-0.05, 0) is 37.0 Å². The summed E-state index contributed by atoms with van der Waals surface area (Å²) in [6, 6.07) is 0. The Kier molecular flexibility index (Phi) is 7.97. The van der Waals surface area contributed by atoms with Crippen molar-refractivity contribution < 1.29 is 5.11 Å². The average Bonchev–Trinajstić information content (AvgIpc) is 2.36. The monoisotopic (exact) mass is 254 g/mol. The molecule has 0 saturated heterocycles. The number of aliphatic hydroxyl groups excluding tert-OH is 1. The summed E-state index contributed by atoms with van der Waals surface area (Å²) in [4.78, 5) is 0. The Morgan fingerprint density at radius 3 is 2.28 bits per heavy atom. The van der Waals surface area contributed by atoms with Crippen molar-refractivity contribution in [2.45, 2.75) is 91.1 Å². The van der Waals surface area contributed by atoms with Gasteiger partial charge in [0, 0.05) is 0 Å². The third kappa shape index (κ3) is 5.73. The Bertz CT molecular complexity index is 202. The van der Waals surface area contributed by atoms with Gasteiger partial charge in [0.05, 0.1) is 6.10 Å². The third-order valence-corrected chi connectivity index (χ3v) is 5.04. The predicted molar refractivity (Wildman–Crippen MR) is 79.7 cm³/mol. The van der Waals surface area contributed by atoms with Crippen LogP contribution in [-0.4, -0.2) is 11.2 Å². The van der Waals surface area contributed by atoms with E-state index in [1.54, 1.807) is 0 Å². The summed E-state index contributed by atoms with van der Waals surface area (Å²) in [6.07, 6.45) is 12.8. The van der Waals surface area contributed by atoms with Crippen molar-refractivity contribution in [3.63, 3.8) is 0 Å². The molecule has 0 amide bonds. The molecule has 0 aliphatic heterocycles. The maximum atomic E-state index is 10.3. The summed E-state index contributed by atoms with van der Waals surface area (Å²) in [5, 5.41) is 10.3. The lowest BCUT2D eigenvalue weighted by Crippen LogP contribution is -2.29. The molecule has 0 aromatic rings. The second-order valence-corrected chi connectivity index (χ2v) is 6.65. The Balaban J connectivity index is 2.07. The van der Waals surface area contributed by atoms with Crippen LogP contribution in [-0.2, 0) is 0 Å². The SMILES string of the molecule is CCCCCCCCC(O)C1CCC(C)C(C)C1. The summed E-state index contributed by atoms with van der Waals surface area (Å²) in [5.41, 5.74) is 0. The molecule has 1 N–H and O–H groups in total. The van der Waals surface area contributed by atoms with E-state index in [0.717, 1.165) is 18.3 Å². The van der Waals surface area contributed by atoms with E-state index in [4.69, 9.17) is 0 Å². The largest absolute Gasteiger partial charge is 0.393 e. The van der Waals surface area contributed by atoms with Crippen molar-refractivity contribution in [1.82, 2.24) is 0 Å². The number of aliphatic hydroxyl groups is 1. The second kappa shape index (κ2) is 8.96. The normalized spacial score (nSPS) is 30.3. The van der Waals surface area contributed by atoms with Crippen LogP contribution in [0.3, 0.4) is 0 Å². The summed E-state index contributed by atoms with van der Waals surface area (Å²) in [5.74, 6) is 2.26. The number of hydrogen-bond acceptors (Lipinski definition) is 1. The standard InChI is InChI=1S/C17H34O/c1-4-5-6-7-8-9-10-17(18)16-12-11-14(2)15(3)13-16/h14-18H,4-13H2,1-3H3. The van der Waals surface area contributed by atoms with Crippen LogP contribution in [0.1, 0.15) is 85.0 Å². The lowest BCUT2D eigenvalue weighted by atomic mass is 9.73. The smallest absolute Gasteiger partial charge is 0.0568 e. The van der Waals surface area contributed by atoms with Gasteiger partial charge in [-0.1, -0.05) is 65.7 Å². The molecular formula is C17H34O. The lowest BCUT2D eigenvalue weighted by Gasteiger charge is -2.34. The van der Waals surface area contributed by atoms with Gasteiger partial charge in [-0.2, -0.15) is 0 Å². The Hall–Kier alpha value is -0.0400. The van der Waals surface area contributed by atoms with E-state index >= 15 is 0 Å². The highest BCUT2D eigenvalue weighted by Gasteiger charge is 2.28. The molecule has 0 bridgehead atoms. The summed E-state index contributed by atoms with van der Waals surface area (Å²) in [6.45, 7) is 6.98. The minimum absolute atomic E-state index is 0.0221. The summed E-state index contributed by atoms with van der Waals surface area (Å²) >= 11 is 0. The molecule has 1 saturated carbocycles. The van der Waals surface area contributed by atoms with Crippen LogP contribution < -0.4 is 0 Å². The van der Waals surface area contributed by atoms with Crippen molar-refractivity contribution in [3.8, 4) is 0 Å². The van der Waals surface area contributed by atoms with E-state index in [1.165, 1.54) is 57.8 Å². The van der Waals surface area contributed by atoms with E-state index in [2.05, 4.69) is 20.8 Å². The van der Waals surface area contributed by atoms with Crippen molar-refractivity contribution in [3.05, 3.63) is 0 Å². The molecule has 1 aliphatic rings. The average molecular weight is 254 g/mol. The topological polar surface area (TPSA) is 20.2 Å². The number of unbranched alkanes of at least 4 members (excludes halogenated alkanes) is 5. The van der Waals surface area contributed by atoms with Crippen molar-refractivity contribution in [2.75, 3.05) is 0 Å². The Morgan fingerprint density at radius 1 is 0.944 bits per heavy atom. The van der Waals surface area contributed by atoms with E-state index in [-0.39, 0.29) is 6.10 Å². The molecule has 108 valence electrons. The first-order chi connectivity index (χ1) is 8.65. The molecule has 1 fully saturated rings. The Labute approximate surface area is 114 Å². The minimum Gasteiger partial charge on any atom is -0.393 e. The van der Waals surface area contributed by atoms with Crippen LogP contribution in [0.5, 0.6) is 0 Å². The van der Waals surface area contributed by atoms with Crippen LogP contribution in [0.25, 0.3) is 0 Å². The zero-order valence-corrected chi connectivity index (χ0v) is 12.8. The van der Waals surface area contributed by atoms with Gasteiger partial charge in [-0.15, -0.1) is 0 Å². The fourth-order valence-corrected chi connectivity index (χ4v) is 3.31. The molecule has 0 aromatic carbocycles. The van der Waals surface area contributed by atoms with Crippen LogP contribution in [0, 0.1) is 17.8 Å². The molecule has 0 spiro atoms. The fraction of sp³-hybridized carbons (Fsp3) is 1.00. The molecule has 0 aromatic heterocycles. The molecule has 0 radical (unpaired) electrons. The van der Waals surface area contributed by atoms with Crippen molar-refractivity contribution in [1.29, 1.82) is 0 Å². The third-order valence-electron chi connectivity index (χ3n) is 5.04. The van der Waals surface area contributed by atoms with Gasteiger partial charge in [0.2, 0.25) is 0 Å². The molecule has 0 heterocycles. The predicted octanol–water partition coefficient (Wildman–Crippen LogP) is 5.17. The zero-order valence-electron chi connectivity index (χ0n) is 12.8. The molecule has 4 atom stereocenters. The summed E-state index contributed by atoms with van der Waals surface area (Å²) in [7, 11) is 0. The first-order valence-electron chi connectivity index (χ1n) is 8.33. The molecule has 1 rings (SSSR count). The quantitative estimate of drug-likeness (QED) is 0.592. The zero-order chi connectivity index (χ0) is 13.4. The summed E-state index contributed by atoms with van der Waals surface area (Å²) < 4.78 is 0. The fourth-order valence-electron chi connectivity index (χ4n) is 3.31.